The van der Waals surface area contributed by atoms with Crippen molar-refractivity contribution in [1.82, 2.24) is 0 Å². The Morgan fingerprint density at radius 3 is 2.10 bits per heavy atom. The molecule has 0 fully saturated rings. The molecule has 2 rings (SSSR count). The van der Waals surface area contributed by atoms with Crippen molar-refractivity contribution in [2.24, 2.45) is 0 Å². The number of halogens is 1. The molecule has 170 valence electrons. The van der Waals surface area contributed by atoms with E-state index >= 15 is 4.39 Å². The fourth-order valence-electron chi connectivity index (χ4n) is 3.93. The number of hydrogen-bond donors (Lipinski definition) is 1. The van der Waals surface area contributed by atoms with Crippen molar-refractivity contribution >= 4 is 5.97 Å². The molecule has 0 bridgehead atoms. The van der Waals surface area contributed by atoms with Gasteiger partial charge in [0.25, 0.3) is 0 Å². The molecule has 0 heterocycles. The van der Waals surface area contributed by atoms with Crippen LogP contribution in [0.5, 0.6) is 0 Å². The molecule has 2 aromatic carbocycles. The molecule has 31 heavy (non-hydrogen) atoms. The van der Waals surface area contributed by atoms with E-state index in [4.69, 9.17) is 4.74 Å². The topological polar surface area (TPSA) is 46.5 Å². The number of carboxylic acid groups (broad SMARTS) is 1. The van der Waals surface area contributed by atoms with Gasteiger partial charge in [-0.3, -0.25) is 4.79 Å². The van der Waals surface area contributed by atoms with Gasteiger partial charge in [-0.2, -0.15) is 0 Å². The van der Waals surface area contributed by atoms with Crippen molar-refractivity contribution in [3.8, 4) is 11.1 Å². The minimum absolute atomic E-state index is 0.476. The average molecular weight is 429 g/mol. The maximum Gasteiger partial charge on any atom is 0.314 e. The van der Waals surface area contributed by atoms with Crippen LogP contribution >= 0.6 is 0 Å². The highest BCUT2D eigenvalue weighted by molar-refractivity contribution is 5.77. The summed E-state index contributed by atoms with van der Waals surface area (Å²) in [7, 11) is 0. The van der Waals surface area contributed by atoms with Crippen molar-refractivity contribution in [1.29, 1.82) is 0 Å². The lowest BCUT2D eigenvalue weighted by molar-refractivity contribution is -0.143. The predicted octanol–water partition coefficient (Wildman–Crippen LogP) is 7.41. The van der Waals surface area contributed by atoms with E-state index in [1.165, 1.54) is 25.7 Å². The van der Waals surface area contributed by atoms with E-state index in [1.54, 1.807) is 12.1 Å². The molecule has 0 saturated heterocycles. The molecule has 0 aliphatic heterocycles. The molecule has 4 heteroatoms. The van der Waals surface area contributed by atoms with Crippen LogP contribution in [0.25, 0.3) is 11.1 Å². The Morgan fingerprint density at radius 1 is 0.871 bits per heavy atom. The molecule has 2 aromatic rings. The van der Waals surface area contributed by atoms with Crippen molar-refractivity contribution in [3.63, 3.8) is 0 Å². The summed E-state index contributed by atoms with van der Waals surface area (Å²) in [6.07, 6.45) is 5.79. The zero-order chi connectivity index (χ0) is 22.5. The monoisotopic (exact) mass is 428 g/mol. The first-order valence-electron chi connectivity index (χ1n) is 11.7. The maximum atomic E-state index is 15.4. The summed E-state index contributed by atoms with van der Waals surface area (Å²) in [5.74, 6) is -2.38. The largest absolute Gasteiger partial charge is 0.481 e. The molecular weight excluding hydrogens is 391 g/mol. The number of carboxylic acids is 1. The standard InChI is InChI=1S/C27H37FO3/c1-3-5-6-7-8-12-20-31-24(13-4-2)26(28)25(27(29)30)23-18-16-22(17-19-23)21-14-10-9-11-15-21/h9-11,14-19,24-26H,3-8,12-13,20H2,1-2H3,(H,29,30). The third-order valence-electron chi connectivity index (χ3n) is 5.72. The molecule has 0 aliphatic rings. The van der Waals surface area contributed by atoms with Crippen molar-refractivity contribution < 1.29 is 19.0 Å². The van der Waals surface area contributed by atoms with Crippen LogP contribution in [0, 0.1) is 0 Å². The van der Waals surface area contributed by atoms with E-state index in [-0.39, 0.29) is 0 Å². The number of aliphatic carboxylic acids is 1. The predicted molar refractivity (Wildman–Crippen MR) is 125 cm³/mol. The molecule has 0 spiro atoms. The number of rotatable bonds is 15. The number of alkyl halides is 1. The third kappa shape index (κ3) is 8.10. The lowest BCUT2D eigenvalue weighted by atomic mass is 9.89. The first kappa shape index (κ1) is 25.1. The summed E-state index contributed by atoms with van der Waals surface area (Å²) >= 11 is 0. The van der Waals surface area contributed by atoms with Gasteiger partial charge in [0, 0.05) is 6.61 Å². The summed E-state index contributed by atoms with van der Waals surface area (Å²) in [5, 5.41) is 9.80. The lowest BCUT2D eigenvalue weighted by Gasteiger charge is -2.26. The van der Waals surface area contributed by atoms with Crippen molar-refractivity contribution in [2.75, 3.05) is 6.61 Å². The fourth-order valence-corrected chi connectivity index (χ4v) is 3.93. The summed E-state index contributed by atoms with van der Waals surface area (Å²) in [6.45, 7) is 4.64. The van der Waals surface area contributed by atoms with Crippen LogP contribution in [-0.4, -0.2) is 30.0 Å². The summed E-state index contributed by atoms with van der Waals surface area (Å²) in [6, 6.07) is 17.0. The molecule has 0 saturated carbocycles. The van der Waals surface area contributed by atoms with Gasteiger partial charge in [-0.05, 0) is 29.5 Å². The Bertz CT molecular complexity index is 745. The molecular formula is C27H37FO3. The van der Waals surface area contributed by atoms with E-state index in [2.05, 4.69) is 6.92 Å². The lowest BCUT2D eigenvalue weighted by Crippen LogP contribution is -2.35. The van der Waals surface area contributed by atoms with Gasteiger partial charge in [-0.1, -0.05) is 107 Å². The van der Waals surface area contributed by atoms with E-state index in [9.17, 15) is 9.90 Å². The minimum atomic E-state index is -1.58. The Kier molecular flexibility index (Phi) is 11.3. The highest BCUT2D eigenvalue weighted by Crippen LogP contribution is 2.30. The molecule has 0 aromatic heterocycles. The second-order valence-electron chi connectivity index (χ2n) is 8.21. The third-order valence-corrected chi connectivity index (χ3v) is 5.72. The van der Waals surface area contributed by atoms with E-state index in [1.807, 2.05) is 49.4 Å². The Morgan fingerprint density at radius 2 is 1.48 bits per heavy atom. The zero-order valence-corrected chi connectivity index (χ0v) is 18.9. The van der Waals surface area contributed by atoms with Crippen LogP contribution in [0.1, 0.15) is 76.7 Å². The second-order valence-corrected chi connectivity index (χ2v) is 8.21. The molecule has 0 aliphatic carbocycles. The molecule has 0 amide bonds. The molecule has 3 unspecified atom stereocenters. The molecule has 1 N–H and O–H groups in total. The Balaban J connectivity index is 2.02. The first-order valence-corrected chi connectivity index (χ1v) is 11.7. The van der Waals surface area contributed by atoms with Crippen molar-refractivity contribution in [3.05, 3.63) is 60.2 Å². The first-order chi connectivity index (χ1) is 15.1. The number of benzene rings is 2. The maximum absolute atomic E-state index is 15.4. The summed E-state index contributed by atoms with van der Waals surface area (Å²) in [4.78, 5) is 12.0. The normalized spacial score (nSPS) is 14.2. The minimum Gasteiger partial charge on any atom is -0.481 e. The molecule has 3 atom stereocenters. The number of hydrogen-bond acceptors (Lipinski definition) is 2. The summed E-state index contributed by atoms with van der Waals surface area (Å²) in [5.41, 5.74) is 2.50. The van der Waals surface area contributed by atoms with Crippen molar-refractivity contribution in [2.45, 2.75) is 83.4 Å². The fraction of sp³-hybridized carbons (Fsp3) is 0.519. The highest BCUT2D eigenvalue weighted by Gasteiger charge is 2.36. The number of unbranched alkanes of at least 4 members (excludes halogenated alkanes) is 5. The number of carbonyl (C=O) groups is 1. The van der Waals surface area contributed by atoms with Gasteiger partial charge in [0.1, 0.15) is 12.1 Å². The van der Waals surface area contributed by atoms with E-state index in [0.717, 1.165) is 30.4 Å². The highest BCUT2D eigenvalue weighted by atomic mass is 19.1. The zero-order valence-electron chi connectivity index (χ0n) is 18.9. The Labute approximate surface area is 186 Å². The SMILES string of the molecule is CCCCCCCCOC(CCC)C(F)C(C(=O)O)c1ccc(-c2ccccc2)cc1. The van der Waals surface area contributed by atoms with Crippen LogP contribution in [0.15, 0.2) is 54.6 Å². The van der Waals surface area contributed by atoms with Gasteiger partial charge in [0.15, 0.2) is 0 Å². The van der Waals surface area contributed by atoms with Crippen LogP contribution in [0.3, 0.4) is 0 Å². The number of ether oxygens (including phenoxy) is 1. The quantitative estimate of drug-likeness (QED) is 0.301. The van der Waals surface area contributed by atoms with E-state index in [0.29, 0.717) is 18.6 Å². The Hall–Kier alpha value is -2.20. The summed E-state index contributed by atoms with van der Waals surface area (Å²) < 4.78 is 21.3. The van der Waals surface area contributed by atoms with Gasteiger partial charge in [0.2, 0.25) is 0 Å². The molecule has 0 radical (unpaired) electrons. The van der Waals surface area contributed by atoms with Gasteiger partial charge >= 0.3 is 5.97 Å². The van der Waals surface area contributed by atoms with Crippen LogP contribution in [0.2, 0.25) is 0 Å². The van der Waals surface area contributed by atoms with Crippen LogP contribution in [0.4, 0.5) is 4.39 Å². The molecule has 3 nitrogen and oxygen atoms in total. The second kappa shape index (κ2) is 14.0. The van der Waals surface area contributed by atoms with E-state index < -0.39 is 24.2 Å². The van der Waals surface area contributed by atoms with Gasteiger partial charge < -0.3 is 9.84 Å². The van der Waals surface area contributed by atoms with Crippen LogP contribution < -0.4 is 0 Å². The van der Waals surface area contributed by atoms with Gasteiger partial charge in [0.05, 0.1) is 6.10 Å². The van der Waals surface area contributed by atoms with Crippen LogP contribution in [-0.2, 0) is 9.53 Å². The smallest absolute Gasteiger partial charge is 0.314 e. The van der Waals surface area contributed by atoms with Gasteiger partial charge in [-0.25, -0.2) is 4.39 Å². The van der Waals surface area contributed by atoms with Gasteiger partial charge in [-0.15, -0.1) is 0 Å². The average Bonchev–Trinajstić information content (AvgIpc) is 2.78.